The lowest BCUT2D eigenvalue weighted by molar-refractivity contribution is 0.494. The maximum Gasteiger partial charge on any atom is 0.248 e. The van der Waals surface area contributed by atoms with Crippen LogP contribution in [0.25, 0.3) is 0 Å². The number of aromatic amines is 1. The van der Waals surface area contributed by atoms with Crippen molar-refractivity contribution in [3.05, 3.63) is 63.3 Å². The van der Waals surface area contributed by atoms with Gasteiger partial charge in [-0.3, -0.25) is 4.79 Å². The number of aryl methyl sites for hydroxylation is 1. The van der Waals surface area contributed by atoms with Crippen LogP contribution in [0, 0.1) is 17.5 Å². The van der Waals surface area contributed by atoms with Gasteiger partial charge in [-0.1, -0.05) is 0 Å². The number of anilines is 1. The Morgan fingerprint density at radius 3 is 2.67 bits per heavy atom. The molecule has 6 heteroatoms. The van der Waals surface area contributed by atoms with Gasteiger partial charge in [-0.15, -0.1) is 0 Å². The van der Waals surface area contributed by atoms with E-state index in [0.29, 0.717) is 6.07 Å². The zero-order chi connectivity index (χ0) is 15.0. The Labute approximate surface area is 118 Å². The highest BCUT2D eigenvalue weighted by Gasteiger charge is 2.22. The predicted molar refractivity (Wildman–Crippen MR) is 72.7 cm³/mol. The van der Waals surface area contributed by atoms with Crippen LogP contribution in [0.4, 0.5) is 18.9 Å². The smallest absolute Gasteiger partial charge is 0.248 e. The molecule has 0 bridgehead atoms. The van der Waals surface area contributed by atoms with Crippen LogP contribution < -0.4 is 10.9 Å². The molecular weight excluding hydrogens is 281 g/mol. The van der Waals surface area contributed by atoms with Crippen molar-refractivity contribution in [2.45, 2.75) is 25.3 Å². The molecule has 1 aromatic heterocycles. The molecule has 0 saturated heterocycles. The highest BCUT2D eigenvalue weighted by Crippen LogP contribution is 2.32. The van der Waals surface area contributed by atoms with E-state index in [2.05, 4.69) is 10.3 Å². The molecule has 1 aliphatic rings. The number of aromatic nitrogens is 1. The number of rotatable bonds is 2. The average Bonchev–Trinajstić information content (AvgIpc) is 2.44. The maximum absolute atomic E-state index is 13.7. The molecule has 1 atom stereocenters. The Bertz CT molecular complexity index is 742. The lowest BCUT2D eigenvalue weighted by atomic mass is 9.91. The van der Waals surface area contributed by atoms with Gasteiger partial charge in [0.05, 0.1) is 11.7 Å². The monoisotopic (exact) mass is 294 g/mol. The van der Waals surface area contributed by atoms with Gasteiger partial charge < -0.3 is 10.3 Å². The molecular formula is C15H13F3N2O. The molecule has 0 spiro atoms. The summed E-state index contributed by atoms with van der Waals surface area (Å²) in [6.45, 7) is 0. The van der Waals surface area contributed by atoms with Gasteiger partial charge in [0.1, 0.15) is 5.82 Å². The summed E-state index contributed by atoms with van der Waals surface area (Å²) in [6.07, 6.45) is 2.28. The van der Waals surface area contributed by atoms with Crippen LogP contribution in [0.3, 0.4) is 0 Å². The normalized spacial score (nSPS) is 17.4. The van der Waals surface area contributed by atoms with Crippen molar-refractivity contribution in [3.63, 3.8) is 0 Å². The van der Waals surface area contributed by atoms with Crippen molar-refractivity contribution in [2.24, 2.45) is 0 Å². The lowest BCUT2D eigenvalue weighted by Gasteiger charge is -2.27. The van der Waals surface area contributed by atoms with E-state index < -0.39 is 17.5 Å². The highest BCUT2D eigenvalue weighted by atomic mass is 19.2. The third kappa shape index (κ3) is 2.66. The molecule has 2 aromatic rings. The summed E-state index contributed by atoms with van der Waals surface area (Å²) in [7, 11) is 0. The average molecular weight is 294 g/mol. The molecule has 2 N–H and O–H groups in total. The number of benzene rings is 1. The van der Waals surface area contributed by atoms with Crippen LogP contribution in [-0.4, -0.2) is 4.98 Å². The summed E-state index contributed by atoms with van der Waals surface area (Å²) in [5.41, 5.74) is 1.38. The fourth-order valence-electron chi connectivity index (χ4n) is 2.67. The fraction of sp³-hybridized carbons (Fsp3) is 0.267. The van der Waals surface area contributed by atoms with Gasteiger partial charge in [0.2, 0.25) is 5.56 Å². The van der Waals surface area contributed by atoms with Gasteiger partial charge in [-0.2, -0.15) is 0 Å². The van der Waals surface area contributed by atoms with Gasteiger partial charge in [-0.25, -0.2) is 13.2 Å². The minimum atomic E-state index is -1.22. The first kappa shape index (κ1) is 13.7. The van der Waals surface area contributed by atoms with Crippen molar-refractivity contribution in [2.75, 3.05) is 5.32 Å². The summed E-state index contributed by atoms with van der Waals surface area (Å²) in [6, 6.07) is 4.17. The molecule has 0 amide bonds. The van der Waals surface area contributed by atoms with Crippen molar-refractivity contribution in [1.82, 2.24) is 4.98 Å². The fourth-order valence-corrected chi connectivity index (χ4v) is 2.67. The van der Waals surface area contributed by atoms with Gasteiger partial charge in [0, 0.05) is 23.9 Å². The SMILES string of the molecule is O=c1ccc2c([nH]1)CCCC2Nc1cc(F)c(F)cc1F. The topological polar surface area (TPSA) is 44.9 Å². The second-order valence-corrected chi connectivity index (χ2v) is 5.09. The number of hydrogen-bond acceptors (Lipinski definition) is 2. The molecule has 0 radical (unpaired) electrons. The van der Waals surface area contributed by atoms with E-state index in [-0.39, 0.29) is 17.3 Å². The Balaban J connectivity index is 1.94. The van der Waals surface area contributed by atoms with Crippen LogP contribution in [0.15, 0.2) is 29.1 Å². The molecule has 1 unspecified atom stereocenters. The Kier molecular flexibility index (Phi) is 3.45. The third-order valence-corrected chi connectivity index (χ3v) is 3.67. The number of hydrogen-bond donors (Lipinski definition) is 2. The van der Waals surface area contributed by atoms with Crippen LogP contribution in [-0.2, 0) is 6.42 Å². The van der Waals surface area contributed by atoms with E-state index in [1.165, 1.54) is 6.07 Å². The number of H-pyrrole nitrogens is 1. The van der Waals surface area contributed by atoms with Crippen LogP contribution >= 0.6 is 0 Å². The minimum Gasteiger partial charge on any atom is -0.376 e. The standard InChI is InChI=1S/C15H13F3N2O/c16-9-6-11(18)14(7-10(9)17)19-12-2-1-3-13-8(12)4-5-15(21)20-13/h4-7,12,19H,1-3H2,(H,20,21). The van der Waals surface area contributed by atoms with Crippen molar-refractivity contribution < 1.29 is 13.2 Å². The number of pyridine rings is 1. The number of halogens is 3. The lowest BCUT2D eigenvalue weighted by Crippen LogP contribution is -2.22. The van der Waals surface area contributed by atoms with Gasteiger partial charge >= 0.3 is 0 Å². The molecule has 0 saturated carbocycles. The van der Waals surface area contributed by atoms with E-state index in [1.54, 1.807) is 6.07 Å². The van der Waals surface area contributed by atoms with E-state index in [0.717, 1.165) is 36.6 Å². The van der Waals surface area contributed by atoms with Crippen LogP contribution in [0.5, 0.6) is 0 Å². The molecule has 3 rings (SSSR count). The second kappa shape index (κ2) is 5.27. The molecule has 0 fully saturated rings. The van der Waals surface area contributed by atoms with Crippen molar-refractivity contribution in [1.29, 1.82) is 0 Å². The molecule has 1 heterocycles. The first-order valence-electron chi connectivity index (χ1n) is 6.68. The summed E-state index contributed by atoms with van der Waals surface area (Å²) in [4.78, 5) is 14.1. The van der Waals surface area contributed by atoms with Crippen LogP contribution in [0.2, 0.25) is 0 Å². The summed E-state index contributed by atoms with van der Waals surface area (Å²) in [5.74, 6) is -3.16. The Morgan fingerprint density at radius 2 is 1.86 bits per heavy atom. The molecule has 21 heavy (non-hydrogen) atoms. The molecule has 3 nitrogen and oxygen atoms in total. The molecule has 0 aliphatic heterocycles. The number of fused-ring (bicyclic) bond motifs is 1. The maximum atomic E-state index is 13.7. The summed E-state index contributed by atoms with van der Waals surface area (Å²) >= 11 is 0. The van der Waals surface area contributed by atoms with Gasteiger partial charge in [0.15, 0.2) is 11.6 Å². The third-order valence-electron chi connectivity index (χ3n) is 3.67. The van der Waals surface area contributed by atoms with E-state index in [4.69, 9.17) is 0 Å². The Morgan fingerprint density at radius 1 is 1.10 bits per heavy atom. The Hall–Kier alpha value is -2.24. The molecule has 1 aromatic carbocycles. The minimum absolute atomic E-state index is 0.0852. The largest absolute Gasteiger partial charge is 0.376 e. The summed E-state index contributed by atoms with van der Waals surface area (Å²) < 4.78 is 39.9. The highest BCUT2D eigenvalue weighted by molar-refractivity contribution is 5.48. The van der Waals surface area contributed by atoms with Crippen molar-refractivity contribution >= 4 is 5.69 Å². The van der Waals surface area contributed by atoms with Crippen molar-refractivity contribution in [3.8, 4) is 0 Å². The molecule has 110 valence electrons. The molecule has 1 aliphatic carbocycles. The predicted octanol–water partition coefficient (Wildman–Crippen LogP) is 3.28. The zero-order valence-electron chi connectivity index (χ0n) is 11.1. The zero-order valence-corrected chi connectivity index (χ0v) is 11.1. The van der Waals surface area contributed by atoms with Gasteiger partial charge in [0.25, 0.3) is 0 Å². The first-order chi connectivity index (χ1) is 10.0. The quantitative estimate of drug-likeness (QED) is 0.835. The van der Waals surface area contributed by atoms with Gasteiger partial charge in [-0.05, 0) is 30.9 Å². The summed E-state index contributed by atoms with van der Waals surface area (Å²) in [5, 5.41) is 2.89. The first-order valence-corrected chi connectivity index (χ1v) is 6.68. The van der Waals surface area contributed by atoms with Crippen LogP contribution in [0.1, 0.15) is 30.1 Å². The second-order valence-electron chi connectivity index (χ2n) is 5.09. The van der Waals surface area contributed by atoms with E-state index >= 15 is 0 Å². The van der Waals surface area contributed by atoms with E-state index in [1.807, 2.05) is 0 Å². The van der Waals surface area contributed by atoms with E-state index in [9.17, 15) is 18.0 Å². The number of nitrogens with one attached hydrogen (secondary N) is 2.